The van der Waals surface area contributed by atoms with Crippen LogP contribution >= 0.6 is 23.2 Å². The number of aromatic amines is 1. The number of hydrogen-bond acceptors (Lipinski definition) is 10. The predicted octanol–water partition coefficient (Wildman–Crippen LogP) is 2.89. The minimum atomic E-state index is -0.991. The molecule has 0 aliphatic rings. The maximum atomic E-state index is 10.2. The number of nitrogens with two attached hydrogens (primary N) is 1. The van der Waals surface area contributed by atoms with Crippen LogP contribution < -0.4 is 21.1 Å². The summed E-state index contributed by atoms with van der Waals surface area (Å²) in [5.41, 5.74) is 5.88. The second kappa shape index (κ2) is 14.6. The van der Waals surface area contributed by atoms with Crippen molar-refractivity contribution in [2.24, 2.45) is 0 Å². The van der Waals surface area contributed by atoms with Gasteiger partial charge in [0.2, 0.25) is 23.1 Å². The summed E-state index contributed by atoms with van der Waals surface area (Å²) in [5.74, 6) is 0.910. The number of aromatic nitrogens is 6. The third kappa shape index (κ3) is 11.1. The van der Waals surface area contributed by atoms with E-state index in [9.17, 15) is 4.79 Å². The SMILES string of the molecule is CCNc1nc(Cl)nc(NCC)n1.Cc1cc(Cl)ccc1OCC(=O)O.Nc1ncn[nH]1. The Labute approximate surface area is 195 Å². The highest BCUT2D eigenvalue weighted by atomic mass is 35.5. The Morgan fingerprint density at radius 1 is 1.16 bits per heavy atom. The molecule has 14 heteroatoms. The molecule has 0 spiro atoms. The highest BCUT2D eigenvalue weighted by Crippen LogP contribution is 2.21. The molecule has 174 valence electrons. The molecule has 2 heterocycles. The van der Waals surface area contributed by atoms with Gasteiger partial charge in [-0.2, -0.15) is 20.1 Å². The van der Waals surface area contributed by atoms with Crippen LogP contribution in [0.2, 0.25) is 10.3 Å². The fourth-order valence-corrected chi connectivity index (χ4v) is 2.34. The van der Waals surface area contributed by atoms with E-state index in [2.05, 4.69) is 40.8 Å². The van der Waals surface area contributed by atoms with E-state index >= 15 is 0 Å². The van der Waals surface area contributed by atoms with E-state index in [0.717, 1.165) is 18.7 Å². The Morgan fingerprint density at radius 2 is 1.78 bits per heavy atom. The van der Waals surface area contributed by atoms with Gasteiger partial charge in [0.1, 0.15) is 12.1 Å². The molecular weight excluding hydrogens is 461 g/mol. The number of nitrogens with one attached hydrogen (secondary N) is 3. The second-order valence-corrected chi connectivity index (χ2v) is 6.55. The van der Waals surface area contributed by atoms with Crippen LogP contribution in [0.25, 0.3) is 0 Å². The largest absolute Gasteiger partial charge is 0.482 e. The normalized spacial score (nSPS) is 9.53. The number of rotatable bonds is 7. The van der Waals surface area contributed by atoms with Crippen LogP contribution in [0.1, 0.15) is 19.4 Å². The molecule has 2 aromatic heterocycles. The lowest BCUT2D eigenvalue weighted by molar-refractivity contribution is -0.139. The molecule has 0 saturated carbocycles. The number of aryl methyl sites for hydroxylation is 1. The van der Waals surface area contributed by atoms with E-state index in [1.807, 2.05) is 20.8 Å². The van der Waals surface area contributed by atoms with Crippen molar-refractivity contribution in [2.75, 3.05) is 36.1 Å². The van der Waals surface area contributed by atoms with Crippen molar-refractivity contribution in [1.29, 1.82) is 0 Å². The standard InChI is InChI=1S/C9H9ClO3.C7H12ClN5.C2H4N4/c1-6-4-7(10)2-3-8(6)13-5-9(11)12;1-3-9-6-11-5(8)12-7(13-6)10-4-2;3-2-4-1-5-6-2/h2-4H,5H2,1H3,(H,11,12);3-4H2,1-2H3,(H2,9,10,11,12,13);1H,(H3,3,4,5,6). The van der Waals surface area contributed by atoms with E-state index in [1.54, 1.807) is 18.2 Å². The number of benzene rings is 1. The molecule has 6 N–H and O–H groups in total. The number of H-pyrrole nitrogens is 1. The third-order valence-corrected chi connectivity index (χ3v) is 3.60. The van der Waals surface area contributed by atoms with Gasteiger partial charge in [0.25, 0.3) is 0 Å². The number of carboxylic acid groups (broad SMARTS) is 1. The van der Waals surface area contributed by atoms with Crippen molar-refractivity contribution in [1.82, 2.24) is 30.1 Å². The predicted molar refractivity (Wildman–Crippen MR) is 123 cm³/mol. The molecule has 1 aromatic carbocycles. The van der Waals surface area contributed by atoms with Crippen LogP contribution in [-0.2, 0) is 4.79 Å². The highest BCUT2D eigenvalue weighted by molar-refractivity contribution is 6.30. The molecule has 12 nitrogen and oxygen atoms in total. The number of hydrogen-bond donors (Lipinski definition) is 5. The fourth-order valence-electron chi connectivity index (χ4n) is 1.95. The van der Waals surface area contributed by atoms with Gasteiger partial charge in [-0.1, -0.05) is 11.6 Å². The lowest BCUT2D eigenvalue weighted by atomic mass is 10.2. The molecule has 32 heavy (non-hydrogen) atoms. The van der Waals surface area contributed by atoms with Crippen LogP contribution in [-0.4, -0.2) is 60.9 Å². The summed E-state index contributed by atoms with van der Waals surface area (Å²) in [7, 11) is 0. The molecule has 0 aliphatic carbocycles. The average Bonchev–Trinajstić information content (AvgIpc) is 3.19. The van der Waals surface area contributed by atoms with Crippen molar-refractivity contribution in [3.8, 4) is 5.75 Å². The van der Waals surface area contributed by atoms with E-state index in [1.165, 1.54) is 6.33 Å². The molecular formula is C18H25Cl2N9O3. The first kappa shape index (κ1) is 26.7. The summed E-state index contributed by atoms with van der Waals surface area (Å²) in [5, 5.41) is 21.0. The summed E-state index contributed by atoms with van der Waals surface area (Å²) < 4.78 is 5.00. The Bertz CT molecular complexity index is 935. The molecule has 0 atom stereocenters. The maximum Gasteiger partial charge on any atom is 0.341 e. The minimum absolute atomic E-state index is 0.196. The van der Waals surface area contributed by atoms with Gasteiger partial charge in [0.05, 0.1) is 0 Å². The molecule has 0 radical (unpaired) electrons. The van der Waals surface area contributed by atoms with Crippen LogP contribution in [0.15, 0.2) is 24.5 Å². The number of nitrogen functional groups attached to an aromatic ring is 1. The highest BCUT2D eigenvalue weighted by Gasteiger charge is 2.03. The molecule has 0 bridgehead atoms. The van der Waals surface area contributed by atoms with Gasteiger partial charge >= 0.3 is 5.97 Å². The smallest absolute Gasteiger partial charge is 0.341 e. The molecule has 0 saturated heterocycles. The number of ether oxygens (including phenoxy) is 1. The fraction of sp³-hybridized carbons (Fsp3) is 0.333. The first-order valence-corrected chi connectivity index (χ1v) is 10.1. The van der Waals surface area contributed by atoms with E-state index < -0.39 is 5.97 Å². The zero-order valence-corrected chi connectivity index (χ0v) is 19.3. The second-order valence-electron chi connectivity index (χ2n) is 5.78. The van der Waals surface area contributed by atoms with Crippen molar-refractivity contribution >= 4 is 47.0 Å². The van der Waals surface area contributed by atoms with Crippen molar-refractivity contribution in [3.63, 3.8) is 0 Å². The molecule has 0 unspecified atom stereocenters. The van der Waals surface area contributed by atoms with Crippen LogP contribution in [0, 0.1) is 6.92 Å². The third-order valence-electron chi connectivity index (χ3n) is 3.20. The number of nitrogens with zero attached hydrogens (tertiary/aromatic N) is 5. The van der Waals surface area contributed by atoms with Gasteiger partial charge in [-0.25, -0.2) is 14.9 Å². The lowest BCUT2D eigenvalue weighted by Gasteiger charge is -2.06. The Kier molecular flexibility index (Phi) is 12.2. The first-order chi connectivity index (χ1) is 15.2. The zero-order chi connectivity index (χ0) is 23.9. The summed E-state index contributed by atoms with van der Waals surface area (Å²) in [6.07, 6.45) is 1.36. The Balaban J connectivity index is 0.000000256. The van der Waals surface area contributed by atoms with E-state index in [0.29, 0.717) is 28.6 Å². The molecule has 3 rings (SSSR count). The molecule has 0 amide bonds. The van der Waals surface area contributed by atoms with Gasteiger partial charge in [0.15, 0.2) is 6.61 Å². The number of carboxylic acids is 1. The zero-order valence-electron chi connectivity index (χ0n) is 17.8. The minimum Gasteiger partial charge on any atom is -0.482 e. The van der Waals surface area contributed by atoms with Crippen molar-refractivity contribution < 1.29 is 14.6 Å². The molecule has 0 fully saturated rings. The summed E-state index contributed by atoms with van der Waals surface area (Å²) in [4.78, 5) is 25.6. The van der Waals surface area contributed by atoms with Gasteiger partial charge in [-0.05, 0) is 56.1 Å². The lowest BCUT2D eigenvalue weighted by Crippen LogP contribution is -2.09. The Morgan fingerprint density at radius 3 is 2.19 bits per heavy atom. The maximum absolute atomic E-state index is 10.2. The average molecular weight is 486 g/mol. The van der Waals surface area contributed by atoms with Gasteiger partial charge < -0.3 is 26.2 Å². The molecule has 0 aliphatic heterocycles. The monoisotopic (exact) mass is 485 g/mol. The van der Waals surface area contributed by atoms with E-state index in [-0.39, 0.29) is 11.9 Å². The molecule has 3 aromatic rings. The van der Waals surface area contributed by atoms with Crippen molar-refractivity contribution in [3.05, 3.63) is 40.4 Å². The van der Waals surface area contributed by atoms with E-state index in [4.69, 9.17) is 38.8 Å². The van der Waals surface area contributed by atoms with Crippen LogP contribution in [0.5, 0.6) is 5.75 Å². The van der Waals surface area contributed by atoms with Crippen LogP contribution in [0.4, 0.5) is 17.8 Å². The summed E-state index contributed by atoms with van der Waals surface area (Å²) >= 11 is 11.4. The first-order valence-electron chi connectivity index (χ1n) is 9.36. The number of carbonyl (C=O) groups is 1. The summed E-state index contributed by atoms with van der Waals surface area (Å²) in [6, 6.07) is 5.03. The Hall–Kier alpha value is -3.38. The van der Waals surface area contributed by atoms with Gasteiger partial charge in [-0.15, -0.1) is 0 Å². The topological polar surface area (TPSA) is 177 Å². The number of aliphatic carboxylic acids is 1. The summed E-state index contributed by atoms with van der Waals surface area (Å²) in [6.45, 7) is 6.92. The number of anilines is 3. The number of halogens is 2. The van der Waals surface area contributed by atoms with Gasteiger partial charge in [0, 0.05) is 18.1 Å². The van der Waals surface area contributed by atoms with Gasteiger partial charge in [-0.3, -0.25) is 0 Å². The quantitative estimate of drug-likeness (QED) is 0.332. The van der Waals surface area contributed by atoms with Crippen molar-refractivity contribution in [2.45, 2.75) is 20.8 Å². The van der Waals surface area contributed by atoms with Crippen LogP contribution in [0.3, 0.4) is 0 Å².